The van der Waals surface area contributed by atoms with Crippen molar-refractivity contribution in [2.75, 3.05) is 0 Å². The van der Waals surface area contributed by atoms with Crippen LogP contribution in [0.3, 0.4) is 0 Å². The van der Waals surface area contributed by atoms with Crippen molar-refractivity contribution in [3.05, 3.63) is 55.6 Å². The maximum atomic E-state index is 3.97. The molecule has 0 N–H and O–H groups in total. The number of aromatic nitrogens is 7. The lowest BCUT2D eigenvalue weighted by Gasteiger charge is -1.84. The average molecular weight is 239 g/mol. The van der Waals surface area contributed by atoms with Crippen LogP contribution in [0.15, 0.2) is 55.6 Å². The van der Waals surface area contributed by atoms with Gasteiger partial charge in [-0.3, -0.25) is 0 Å². The van der Waals surface area contributed by atoms with Gasteiger partial charge in [-0.15, -0.1) is 0 Å². The van der Waals surface area contributed by atoms with Crippen molar-refractivity contribution in [2.45, 2.75) is 0 Å². The van der Waals surface area contributed by atoms with Gasteiger partial charge in [0.25, 0.3) is 0 Å². The minimum Gasteiger partial charge on any atom is -0.245 e. The molecule has 0 saturated carbocycles. The summed E-state index contributed by atoms with van der Waals surface area (Å²) in [6, 6.07) is 7.56. The lowest BCUT2D eigenvalue weighted by molar-refractivity contribution is 0.921. The maximum Gasteiger partial charge on any atom is 0.158 e. The molecule has 0 aliphatic rings. The van der Waals surface area contributed by atoms with E-state index in [9.17, 15) is 0 Å². The third-order valence-corrected chi connectivity index (χ3v) is 2.27. The third kappa shape index (κ3) is 2.01. The second-order valence-corrected chi connectivity index (χ2v) is 3.41. The molecule has 0 saturated heterocycles. The molecule has 0 atom stereocenters. The SMILES string of the molecule is c1cc2ncnn2cn1.c1ccn2ncnc2c1. The van der Waals surface area contributed by atoms with E-state index < -0.39 is 0 Å². The normalized spacial score (nSPS) is 10.2. The second kappa shape index (κ2) is 4.58. The number of rotatable bonds is 0. The third-order valence-electron chi connectivity index (χ3n) is 2.27. The van der Waals surface area contributed by atoms with Gasteiger partial charge in [0.1, 0.15) is 19.0 Å². The molecule has 4 heterocycles. The summed E-state index contributed by atoms with van der Waals surface area (Å²) < 4.78 is 3.33. The van der Waals surface area contributed by atoms with E-state index in [2.05, 4.69) is 25.1 Å². The summed E-state index contributed by atoms with van der Waals surface area (Å²) in [5, 5.41) is 7.79. The summed E-state index contributed by atoms with van der Waals surface area (Å²) in [6.45, 7) is 0. The van der Waals surface area contributed by atoms with Gasteiger partial charge in [-0.05, 0) is 12.1 Å². The first-order valence-electron chi connectivity index (χ1n) is 5.27. The van der Waals surface area contributed by atoms with Crippen molar-refractivity contribution >= 4 is 11.3 Å². The largest absolute Gasteiger partial charge is 0.245 e. The molecule has 0 aromatic carbocycles. The van der Waals surface area contributed by atoms with Crippen LogP contribution in [0, 0.1) is 0 Å². The van der Waals surface area contributed by atoms with Crippen molar-refractivity contribution in [1.29, 1.82) is 0 Å². The first-order chi connectivity index (χ1) is 8.93. The fourth-order valence-corrected chi connectivity index (χ4v) is 1.44. The van der Waals surface area contributed by atoms with E-state index in [0.29, 0.717) is 0 Å². The molecule has 0 bridgehead atoms. The van der Waals surface area contributed by atoms with Gasteiger partial charge in [-0.1, -0.05) is 6.07 Å². The van der Waals surface area contributed by atoms with Crippen LogP contribution < -0.4 is 0 Å². The van der Waals surface area contributed by atoms with Gasteiger partial charge in [0.2, 0.25) is 0 Å². The van der Waals surface area contributed by atoms with Crippen molar-refractivity contribution in [3.8, 4) is 0 Å². The summed E-state index contributed by atoms with van der Waals surface area (Å²) in [5.74, 6) is 0. The predicted molar refractivity (Wildman–Crippen MR) is 63.8 cm³/mol. The molecule has 0 unspecified atom stereocenters. The van der Waals surface area contributed by atoms with Crippen molar-refractivity contribution in [2.24, 2.45) is 0 Å². The van der Waals surface area contributed by atoms with Crippen LogP contribution >= 0.6 is 0 Å². The molecular formula is C11H9N7. The zero-order valence-electron chi connectivity index (χ0n) is 9.33. The van der Waals surface area contributed by atoms with Crippen LogP contribution in [-0.4, -0.2) is 34.2 Å². The number of hydrogen-bond acceptors (Lipinski definition) is 5. The highest BCUT2D eigenvalue weighted by Gasteiger charge is 1.88. The van der Waals surface area contributed by atoms with Crippen molar-refractivity contribution in [1.82, 2.24) is 34.2 Å². The molecule has 0 spiro atoms. The molecule has 0 aliphatic carbocycles. The van der Waals surface area contributed by atoms with E-state index >= 15 is 0 Å². The van der Waals surface area contributed by atoms with E-state index in [0.717, 1.165) is 11.3 Å². The average Bonchev–Trinajstić information content (AvgIpc) is 3.08. The molecule has 88 valence electrons. The Morgan fingerprint density at radius 1 is 0.833 bits per heavy atom. The van der Waals surface area contributed by atoms with E-state index in [1.54, 1.807) is 27.6 Å². The summed E-state index contributed by atoms with van der Waals surface area (Å²) in [4.78, 5) is 11.7. The highest BCUT2D eigenvalue weighted by molar-refractivity contribution is 5.34. The van der Waals surface area contributed by atoms with Gasteiger partial charge in [0.05, 0.1) is 0 Å². The maximum absolute atomic E-state index is 3.97. The van der Waals surface area contributed by atoms with Crippen LogP contribution in [0.4, 0.5) is 0 Å². The monoisotopic (exact) mass is 239 g/mol. The Morgan fingerprint density at radius 3 is 2.39 bits per heavy atom. The fourth-order valence-electron chi connectivity index (χ4n) is 1.44. The van der Waals surface area contributed by atoms with Gasteiger partial charge >= 0.3 is 0 Å². The van der Waals surface area contributed by atoms with Crippen LogP contribution in [0.1, 0.15) is 0 Å². The topological polar surface area (TPSA) is 73.3 Å². The number of pyridine rings is 1. The highest BCUT2D eigenvalue weighted by atomic mass is 15.3. The second-order valence-electron chi connectivity index (χ2n) is 3.41. The summed E-state index contributed by atoms with van der Waals surface area (Å²) in [6.07, 6.45) is 8.20. The summed E-state index contributed by atoms with van der Waals surface area (Å²) in [7, 11) is 0. The molecule has 7 heteroatoms. The lowest BCUT2D eigenvalue weighted by Crippen LogP contribution is -1.85. The molecule has 0 aliphatic heterocycles. The van der Waals surface area contributed by atoms with Gasteiger partial charge in [-0.2, -0.15) is 10.2 Å². The first kappa shape index (κ1) is 10.3. The molecule has 0 fully saturated rings. The summed E-state index contributed by atoms with van der Waals surface area (Å²) in [5.41, 5.74) is 1.71. The summed E-state index contributed by atoms with van der Waals surface area (Å²) >= 11 is 0. The Morgan fingerprint density at radius 2 is 1.61 bits per heavy atom. The Labute approximate surface area is 102 Å². The van der Waals surface area contributed by atoms with Gasteiger partial charge in [0, 0.05) is 18.5 Å². The molecule has 4 aromatic rings. The molecule has 4 rings (SSSR count). The highest BCUT2D eigenvalue weighted by Crippen LogP contribution is 1.93. The van der Waals surface area contributed by atoms with E-state index in [-0.39, 0.29) is 0 Å². The van der Waals surface area contributed by atoms with Gasteiger partial charge in [0.15, 0.2) is 11.3 Å². The van der Waals surface area contributed by atoms with E-state index in [1.165, 1.54) is 12.7 Å². The lowest BCUT2D eigenvalue weighted by atomic mass is 10.5. The molecule has 0 radical (unpaired) electrons. The molecule has 7 nitrogen and oxygen atoms in total. The Balaban J connectivity index is 0.000000111. The zero-order chi connectivity index (χ0) is 12.2. The van der Waals surface area contributed by atoms with Gasteiger partial charge in [-0.25, -0.2) is 24.0 Å². The minimum absolute atomic E-state index is 0.824. The molecule has 0 amide bonds. The van der Waals surface area contributed by atoms with Gasteiger partial charge < -0.3 is 0 Å². The Hall–Kier alpha value is -2.83. The molecular weight excluding hydrogens is 230 g/mol. The van der Waals surface area contributed by atoms with Crippen LogP contribution in [-0.2, 0) is 0 Å². The fraction of sp³-hybridized carbons (Fsp3) is 0. The van der Waals surface area contributed by atoms with E-state index in [4.69, 9.17) is 0 Å². The predicted octanol–water partition coefficient (Wildman–Crippen LogP) is 0.854. The van der Waals surface area contributed by atoms with Crippen LogP contribution in [0.5, 0.6) is 0 Å². The van der Waals surface area contributed by atoms with Crippen molar-refractivity contribution in [3.63, 3.8) is 0 Å². The van der Waals surface area contributed by atoms with E-state index in [1.807, 2.05) is 24.4 Å². The number of nitrogens with zero attached hydrogens (tertiary/aromatic N) is 7. The Bertz CT molecular complexity index is 631. The molecule has 4 aromatic heterocycles. The Kier molecular flexibility index (Phi) is 2.63. The zero-order valence-corrected chi connectivity index (χ0v) is 9.33. The van der Waals surface area contributed by atoms with Crippen LogP contribution in [0.2, 0.25) is 0 Å². The quantitative estimate of drug-likeness (QED) is 0.455. The number of fused-ring (bicyclic) bond motifs is 2. The standard InChI is InChI=1S/C6H5N3.C5H4N4/c1-2-4-9-6(3-1)7-5-8-9;1-2-6-4-9-5(1)7-3-8-9/h1-5H;1-4H. The first-order valence-corrected chi connectivity index (χ1v) is 5.27. The van der Waals surface area contributed by atoms with Crippen LogP contribution in [0.25, 0.3) is 11.3 Å². The smallest absolute Gasteiger partial charge is 0.158 e. The minimum atomic E-state index is 0.824. The van der Waals surface area contributed by atoms with Crippen molar-refractivity contribution < 1.29 is 0 Å². The number of hydrogen-bond donors (Lipinski definition) is 0. The molecule has 18 heavy (non-hydrogen) atoms.